The number of ether oxygens (including phenoxy) is 3. The second-order valence-corrected chi connectivity index (χ2v) is 7.01. The van der Waals surface area contributed by atoms with Gasteiger partial charge in [-0.1, -0.05) is 60.7 Å². The first-order chi connectivity index (χ1) is 13.9. The number of hydrogen-bond acceptors (Lipinski definition) is 3. The van der Waals surface area contributed by atoms with Gasteiger partial charge in [0.1, 0.15) is 24.7 Å². The number of benzene rings is 4. The zero-order valence-corrected chi connectivity index (χ0v) is 15.7. The molecule has 0 N–H and O–H groups in total. The van der Waals surface area contributed by atoms with Crippen LogP contribution in [0.2, 0.25) is 0 Å². The highest BCUT2D eigenvalue weighted by Crippen LogP contribution is 2.36. The van der Waals surface area contributed by atoms with Crippen LogP contribution in [0.25, 0.3) is 21.5 Å². The predicted octanol–water partition coefficient (Wildman–Crippen LogP) is 5.37. The van der Waals surface area contributed by atoms with E-state index in [2.05, 4.69) is 72.8 Å². The van der Waals surface area contributed by atoms with Gasteiger partial charge in [0, 0.05) is 17.5 Å². The number of fused-ring (bicyclic) bond motifs is 6. The summed E-state index contributed by atoms with van der Waals surface area (Å²) in [6.45, 7) is 2.18. The summed E-state index contributed by atoms with van der Waals surface area (Å²) in [4.78, 5) is 0. The fraction of sp³-hybridized carbons (Fsp3) is 0.200. The van der Waals surface area contributed by atoms with Gasteiger partial charge < -0.3 is 14.2 Å². The molecule has 0 radical (unpaired) electrons. The van der Waals surface area contributed by atoms with Crippen molar-refractivity contribution in [2.24, 2.45) is 0 Å². The fourth-order valence-electron chi connectivity index (χ4n) is 3.97. The molecule has 3 heteroatoms. The zero-order chi connectivity index (χ0) is 18.8. The molecule has 1 aliphatic rings. The normalized spacial score (nSPS) is 14.9. The summed E-state index contributed by atoms with van der Waals surface area (Å²) in [5.41, 5.74) is 2.39. The van der Waals surface area contributed by atoms with Crippen LogP contribution in [0.15, 0.2) is 72.8 Å². The Hall–Kier alpha value is -3.04. The zero-order valence-electron chi connectivity index (χ0n) is 15.7. The smallest absolute Gasteiger partial charge is 0.123 e. The molecule has 0 fully saturated rings. The van der Waals surface area contributed by atoms with Crippen LogP contribution in [0, 0.1) is 0 Å². The first-order valence-corrected chi connectivity index (χ1v) is 9.75. The highest BCUT2D eigenvalue weighted by atomic mass is 16.5. The van der Waals surface area contributed by atoms with Crippen LogP contribution in [0.4, 0.5) is 0 Å². The van der Waals surface area contributed by atoms with E-state index in [1.807, 2.05) is 0 Å². The fourth-order valence-corrected chi connectivity index (χ4v) is 3.97. The van der Waals surface area contributed by atoms with Gasteiger partial charge in [-0.15, -0.1) is 0 Å². The standard InChI is InChI=1S/C25H22O3/c1-3-7-20-18(5-1)9-11-24-22(20)17-23-21-8-4-2-6-19(21)10-12-25(23)28-16-14-26-13-15-27-24/h1-12H,13-17H2. The van der Waals surface area contributed by atoms with Gasteiger partial charge in [0.05, 0.1) is 13.2 Å². The molecule has 0 aromatic heterocycles. The van der Waals surface area contributed by atoms with Crippen LogP contribution in [0.1, 0.15) is 11.1 Å². The average molecular weight is 370 g/mol. The first kappa shape index (κ1) is 17.1. The van der Waals surface area contributed by atoms with Crippen LogP contribution in [-0.4, -0.2) is 26.4 Å². The van der Waals surface area contributed by atoms with Crippen LogP contribution >= 0.6 is 0 Å². The van der Waals surface area contributed by atoms with E-state index in [4.69, 9.17) is 14.2 Å². The largest absolute Gasteiger partial charge is 0.491 e. The molecule has 1 heterocycles. The molecule has 5 rings (SSSR count). The van der Waals surface area contributed by atoms with E-state index in [1.54, 1.807) is 0 Å². The Morgan fingerprint density at radius 3 is 1.54 bits per heavy atom. The van der Waals surface area contributed by atoms with E-state index in [0.29, 0.717) is 26.4 Å². The molecular formula is C25H22O3. The maximum atomic E-state index is 6.13. The second kappa shape index (κ2) is 7.53. The van der Waals surface area contributed by atoms with E-state index in [1.165, 1.54) is 32.7 Å². The SMILES string of the molecule is c1ccc2c3c(ccc2c1)OCCOCCOc1ccc2ccccc2c1C3. The third kappa shape index (κ3) is 3.19. The summed E-state index contributed by atoms with van der Waals surface area (Å²) >= 11 is 0. The van der Waals surface area contributed by atoms with Crippen molar-refractivity contribution in [3.05, 3.63) is 83.9 Å². The van der Waals surface area contributed by atoms with Crippen molar-refractivity contribution in [3.8, 4) is 11.5 Å². The maximum Gasteiger partial charge on any atom is 0.123 e. The summed E-state index contributed by atoms with van der Waals surface area (Å²) in [6.07, 6.45) is 0.758. The van der Waals surface area contributed by atoms with E-state index in [0.717, 1.165) is 17.9 Å². The molecule has 3 nitrogen and oxygen atoms in total. The van der Waals surface area contributed by atoms with Crippen molar-refractivity contribution in [1.82, 2.24) is 0 Å². The van der Waals surface area contributed by atoms with Crippen molar-refractivity contribution in [2.45, 2.75) is 6.42 Å². The molecule has 0 bridgehead atoms. The molecule has 0 atom stereocenters. The Balaban J connectivity index is 1.74. The van der Waals surface area contributed by atoms with Crippen molar-refractivity contribution < 1.29 is 14.2 Å². The quantitative estimate of drug-likeness (QED) is 0.416. The summed E-state index contributed by atoms with van der Waals surface area (Å²) in [5, 5.41) is 4.88. The monoisotopic (exact) mass is 370 g/mol. The van der Waals surface area contributed by atoms with Crippen molar-refractivity contribution in [2.75, 3.05) is 26.4 Å². The van der Waals surface area contributed by atoms with E-state index < -0.39 is 0 Å². The molecule has 0 saturated heterocycles. The van der Waals surface area contributed by atoms with Crippen LogP contribution < -0.4 is 9.47 Å². The molecule has 0 unspecified atom stereocenters. The lowest BCUT2D eigenvalue weighted by molar-refractivity contribution is 0.0755. The Morgan fingerprint density at radius 1 is 0.500 bits per heavy atom. The van der Waals surface area contributed by atoms with Gasteiger partial charge in [0.25, 0.3) is 0 Å². The first-order valence-electron chi connectivity index (χ1n) is 9.75. The van der Waals surface area contributed by atoms with Gasteiger partial charge in [0.15, 0.2) is 0 Å². The molecule has 0 aliphatic carbocycles. The lowest BCUT2D eigenvalue weighted by Crippen LogP contribution is -2.14. The third-order valence-corrected chi connectivity index (χ3v) is 5.32. The van der Waals surface area contributed by atoms with Gasteiger partial charge in [0.2, 0.25) is 0 Å². The van der Waals surface area contributed by atoms with Crippen molar-refractivity contribution in [3.63, 3.8) is 0 Å². The van der Waals surface area contributed by atoms with Crippen molar-refractivity contribution in [1.29, 1.82) is 0 Å². The molecular weight excluding hydrogens is 348 g/mol. The van der Waals surface area contributed by atoms with Crippen LogP contribution in [0.5, 0.6) is 11.5 Å². The minimum atomic E-state index is 0.535. The Labute approximate surface area is 164 Å². The van der Waals surface area contributed by atoms with Gasteiger partial charge in [-0.2, -0.15) is 0 Å². The number of hydrogen-bond donors (Lipinski definition) is 0. The number of rotatable bonds is 0. The molecule has 28 heavy (non-hydrogen) atoms. The van der Waals surface area contributed by atoms with E-state index in [9.17, 15) is 0 Å². The van der Waals surface area contributed by atoms with Gasteiger partial charge in [-0.3, -0.25) is 0 Å². The minimum absolute atomic E-state index is 0.535. The van der Waals surface area contributed by atoms with Gasteiger partial charge in [-0.25, -0.2) is 0 Å². The molecule has 1 aliphatic heterocycles. The molecule has 4 aromatic carbocycles. The van der Waals surface area contributed by atoms with E-state index >= 15 is 0 Å². The Morgan fingerprint density at radius 2 is 1.00 bits per heavy atom. The van der Waals surface area contributed by atoms with Gasteiger partial charge >= 0.3 is 0 Å². The average Bonchev–Trinajstić information content (AvgIpc) is 2.74. The summed E-state index contributed by atoms with van der Waals surface area (Å²) in [6, 6.07) is 25.4. The molecule has 0 spiro atoms. The van der Waals surface area contributed by atoms with Gasteiger partial charge in [-0.05, 0) is 33.7 Å². The third-order valence-electron chi connectivity index (χ3n) is 5.32. The highest BCUT2D eigenvalue weighted by Gasteiger charge is 2.16. The van der Waals surface area contributed by atoms with Crippen molar-refractivity contribution >= 4 is 21.5 Å². The summed E-state index contributed by atoms with van der Waals surface area (Å²) in [5.74, 6) is 1.84. The second-order valence-electron chi connectivity index (χ2n) is 7.01. The molecule has 0 amide bonds. The van der Waals surface area contributed by atoms with Crippen LogP contribution in [-0.2, 0) is 11.2 Å². The topological polar surface area (TPSA) is 27.7 Å². The Kier molecular flexibility index (Phi) is 4.59. The van der Waals surface area contributed by atoms with E-state index in [-0.39, 0.29) is 0 Å². The molecule has 140 valence electrons. The summed E-state index contributed by atoms with van der Waals surface area (Å²) < 4.78 is 17.9. The lowest BCUT2D eigenvalue weighted by atomic mass is 9.93. The maximum absolute atomic E-state index is 6.13. The minimum Gasteiger partial charge on any atom is -0.491 e. The molecule has 0 saturated carbocycles. The Bertz CT molecular complexity index is 1040. The molecule has 4 aromatic rings. The summed E-state index contributed by atoms with van der Waals surface area (Å²) in [7, 11) is 0. The lowest BCUT2D eigenvalue weighted by Gasteiger charge is -2.19. The predicted molar refractivity (Wildman–Crippen MR) is 113 cm³/mol. The highest BCUT2D eigenvalue weighted by molar-refractivity contribution is 5.91. The van der Waals surface area contributed by atoms with Crippen LogP contribution in [0.3, 0.4) is 0 Å².